The van der Waals surface area contributed by atoms with E-state index in [0.717, 1.165) is 145 Å². The molecule has 0 radical (unpaired) electrons. The normalized spacial score (nSPS) is 11.4. The van der Waals surface area contributed by atoms with E-state index in [1.54, 1.807) is 0 Å². The minimum absolute atomic E-state index is 0.134. The molecule has 0 aromatic heterocycles. The Morgan fingerprint density at radius 3 is 0.672 bits per heavy atom. The number of unbranched alkanes of at least 4 members (excludes halogenated alkanes) is 16. The molecule has 10 nitrogen and oxygen atoms in total. The molecule has 2 N–H and O–H groups in total. The van der Waals surface area contributed by atoms with Crippen LogP contribution in [0.5, 0.6) is 34.5 Å². The van der Waals surface area contributed by atoms with Gasteiger partial charge in [-0.15, -0.1) is 0 Å². The predicted octanol–water partition coefficient (Wildman–Crippen LogP) is 15.0. The van der Waals surface area contributed by atoms with Crippen molar-refractivity contribution in [3.63, 3.8) is 0 Å². The third-order valence-electron chi connectivity index (χ3n) is 11.7. The number of carboxylic acids is 2. The van der Waals surface area contributed by atoms with Crippen molar-refractivity contribution in [3.8, 4) is 34.5 Å². The topological polar surface area (TPSA) is 130 Å². The fourth-order valence-corrected chi connectivity index (χ4v) is 8.01. The van der Waals surface area contributed by atoms with Gasteiger partial charge in [0.2, 0.25) is 0 Å². The van der Waals surface area contributed by atoms with E-state index in [1.165, 1.54) is 25.7 Å². The first kappa shape index (κ1) is 52.0. The van der Waals surface area contributed by atoms with Crippen LogP contribution in [0.4, 0.5) is 0 Å². The van der Waals surface area contributed by atoms with Crippen LogP contribution in [0.25, 0.3) is 32.3 Å². The largest absolute Gasteiger partial charge is 0.490 e. The van der Waals surface area contributed by atoms with E-state index in [4.69, 9.17) is 38.6 Å². The van der Waals surface area contributed by atoms with Crippen molar-refractivity contribution < 1.29 is 48.2 Å². The number of fused-ring (bicyclic) bond motifs is 6. The van der Waals surface area contributed by atoms with Gasteiger partial charge in [-0.3, -0.25) is 9.59 Å². The van der Waals surface area contributed by atoms with Crippen molar-refractivity contribution in [3.05, 3.63) is 36.4 Å². The predicted molar refractivity (Wildman–Crippen MR) is 261 cm³/mol. The number of ether oxygens (including phenoxy) is 6. The summed E-state index contributed by atoms with van der Waals surface area (Å²) in [5.74, 6) is 2.55. The lowest BCUT2D eigenvalue weighted by Gasteiger charge is -2.21. The van der Waals surface area contributed by atoms with Crippen molar-refractivity contribution in [2.45, 2.75) is 182 Å². The zero-order chi connectivity index (χ0) is 45.8. The third kappa shape index (κ3) is 17.8. The monoisotopic (exact) mass is 889 g/mol. The van der Waals surface area contributed by atoms with Crippen LogP contribution in [0.1, 0.15) is 182 Å². The lowest BCUT2D eigenvalue weighted by Crippen LogP contribution is -2.05. The third-order valence-corrected chi connectivity index (χ3v) is 11.7. The summed E-state index contributed by atoms with van der Waals surface area (Å²) in [5, 5.41) is 24.3. The molecule has 0 saturated carbocycles. The average Bonchev–Trinajstić information content (AvgIpc) is 3.28. The highest BCUT2D eigenvalue weighted by molar-refractivity contribution is 6.26. The first-order valence-corrected chi connectivity index (χ1v) is 25.1. The second-order valence-electron chi connectivity index (χ2n) is 17.3. The number of carbonyl (C=O) groups is 2. The van der Waals surface area contributed by atoms with Crippen molar-refractivity contribution >= 4 is 44.3 Å². The Hall–Kier alpha value is -4.60. The summed E-state index contributed by atoms with van der Waals surface area (Å²) < 4.78 is 39.4. The fraction of sp³-hybridized carbons (Fsp3) is 0.630. The first-order chi connectivity index (χ1) is 31.3. The summed E-state index contributed by atoms with van der Waals surface area (Å²) in [4.78, 5) is 22.3. The minimum Gasteiger partial charge on any atom is -0.490 e. The average molecular weight is 889 g/mol. The second kappa shape index (κ2) is 30.5. The van der Waals surface area contributed by atoms with Crippen LogP contribution in [-0.4, -0.2) is 61.8 Å². The zero-order valence-corrected chi connectivity index (χ0v) is 39.8. The molecule has 356 valence electrons. The van der Waals surface area contributed by atoms with Crippen LogP contribution in [0, 0.1) is 0 Å². The lowest BCUT2D eigenvalue weighted by molar-refractivity contribution is -0.138. The molecule has 10 heteroatoms. The van der Waals surface area contributed by atoms with Crippen LogP contribution in [0.2, 0.25) is 0 Å². The summed E-state index contributed by atoms with van der Waals surface area (Å²) in [6.07, 6.45) is 21.9. The van der Waals surface area contributed by atoms with Gasteiger partial charge < -0.3 is 38.6 Å². The highest BCUT2D eigenvalue weighted by Gasteiger charge is 2.21. The van der Waals surface area contributed by atoms with E-state index in [2.05, 4.69) is 64.1 Å². The number of aliphatic carboxylic acids is 2. The standard InChI is InChI=1S/C54H80O10/c1-5-9-13-21-29-59-47-35-41-42-36-48(60-30-22-14-10-6-2)50(62-32-24-16-12-8-4)38-44(42)46-40-52(64-34-26-18-20-28-54(57)58)51(63-33-25-17-19-27-53(55)56)39-45(46)43(41)37-49(47)61-31-23-15-11-7-3/h35-40H,5-34H2,1-4H3,(H,55,56)(H,57,58). The number of rotatable bonds is 38. The molecule has 0 bridgehead atoms. The Labute approximate surface area is 383 Å². The van der Waals surface area contributed by atoms with E-state index in [9.17, 15) is 9.59 Å². The summed E-state index contributed by atoms with van der Waals surface area (Å²) in [5.41, 5.74) is 0. The maximum atomic E-state index is 11.2. The van der Waals surface area contributed by atoms with Crippen molar-refractivity contribution in [2.24, 2.45) is 0 Å². The van der Waals surface area contributed by atoms with Gasteiger partial charge in [0.05, 0.1) is 39.6 Å². The fourth-order valence-electron chi connectivity index (χ4n) is 8.01. The summed E-state index contributed by atoms with van der Waals surface area (Å²) in [6, 6.07) is 12.7. The van der Waals surface area contributed by atoms with E-state index in [1.807, 2.05) is 0 Å². The minimum atomic E-state index is -0.793. The SMILES string of the molecule is CCCCCCOc1cc2c3cc(OCCCCCC)c(OCCCCCC)cc3c3cc(OCCCCCC(=O)O)c(OCCCCCC(=O)O)cc3c2cc1OCCCCCC. The van der Waals surface area contributed by atoms with Crippen LogP contribution in [-0.2, 0) is 9.59 Å². The molecule has 0 unspecified atom stereocenters. The molecule has 0 amide bonds. The maximum absolute atomic E-state index is 11.2. The van der Waals surface area contributed by atoms with Crippen molar-refractivity contribution in [2.75, 3.05) is 39.6 Å². The summed E-state index contributed by atoms with van der Waals surface area (Å²) in [7, 11) is 0. The van der Waals surface area contributed by atoms with Crippen molar-refractivity contribution in [1.29, 1.82) is 0 Å². The van der Waals surface area contributed by atoms with Gasteiger partial charge in [0.1, 0.15) is 0 Å². The Balaban J connectivity index is 1.93. The van der Waals surface area contributed by atoms with Crippen LogP contribution >= 0.6 is 0 Å². The lowest BCUT2D eigenvalue weighted by atomic mass is 9.93. The molecule has 0 heterocycles. The van der Waals surface area contributed by atoms with Gasteiger partial charge in [0.15, 0.2) is 34.5 Å². The highest BCUT2D eigenvalue weighted by atomic mass is 16.5. The van der Waals surface area contributed by atoms with Gasteiger partial charge >= 0.3 is 11.9 Å². The smallest absolute Gasteiger partial charge is 0.303 e. The molecule has 0 spiro atoms. The molecule has 4 rings (SSSR count). The molecule has 0 atom stereocenters. The Morgan fingerprint density at radius 1 is 0.312 bits per heavy atom. The molecule has 0 aliphatic heterocycles. The molecular weight excluding hydrogens is 809 g/mol. The number of benzene rings is 4. The van der Waals surface area contributed by atoms with Gasteiger partial charge in [-0.1, -0.05) is 105 Å². The van der Waals surface area contributed by atoms with Gasteiger partial charge in [-0.05, 0) is 133 Å². The molecule has 64 heavy (non-hydrogen) atoms. The first-order valence-electron chi connectivity index (χ1n) is 25.1. The number of carboxylic acid groups (broad SMARTS) is 2. The van der Waals surface area contributed by atoms with Crippen LogP contribution < -0.4 is 28.4 Å². The summed E-state index contributed by atoms with van der Waals surface area (Å²) in [6.45, 7) is 12.1. The van der Waals surface area contributed by atoms with Gasteiger partial charge in [0.25, 0.3) is 0 Å². The molecule has 0 saturated heterocycles. The molecular formula is C54H80O10. The van der Waals surface area contributed by atoms with Gasteiger partial charge in [-0.2, -0.15) is 0 Å². The number of hydrogen-bond acceptors (Lipinski definition) is 8. The number of hydrogen-bond donors (Lipinski definition) is 2. The Kier molecular flexibility index (Phi) is 24.8. The molecule has 4 aromatic rings. The van der Waals surface area contributed by atoms with Gasteiger partial charge in [0, 0.05) is 12.8 Å². The molecule has 0 aliphatic carbocycles. The Bertz CT molecular complexity index is 1830. The van der Waals surface area contributed by atoms with Gasteiger partial charge in [-0.25, -0.2) is 0 Å². The zero-order valence-electron chi connectivity index (χ0n) is 39.8. The molecule has 4 aromatic carbocycles. The molecule has 0 aliphatic rings. The van der Waals surface area contributed by atoms with Crippen LogP contribution in [0.3, 0.4) is 0 Å². The quantitative estimate of drug-likeness (QED) is 0.0331. The maximum Gasteiger partial charge on any atom is 0.303 e. The highest BCUT2D eigenvalue weighted by Crippen LogP contribution is 2.47. The van der Waals surface area contributed by atoms with Crippen molar-refractivity contribution in [1.82, 2.24) is 0 Å². The Morgan fingerprint density at radius 2 is 0.500 bits per heavy atom. The summed E-state index contributed by atoms with van der Waals surface area (Å²) >= 11 is 0. The van der Waals surface area contributed by atoms with E-state index in [-0.39, 0.29) is 12.8 Å². The molecule has 0 fully saturated rings. The van der Waals surface area contributed by atoms with E-state index in [0.29, 0.717) is 76.8 Å². The van der Waals surface area contributed by atoms with E-state index < -0.39 is 11.9 Å². The van der Waals surface area contributed by atoms with E-state index >= 15 is 0 Å². The van der Waals surface area contributed by atoms with Crippen LogP contribution in [0.15, 0.2) is 36.4 Å². The second-order valence-corrected chi connectivity index (χ2v) is 17.3.